The molecule has 0 aliphatic carbocycles. The molecule has 39 heavy (non-hydrogen) atoms. The van der Waals surface area contributed by atoms with Gasteiger partial charge in [0, 0.05) is 33.1 Å². The molecule has 0 aliphatic heterocycles. The van der Waals surface area contributed by atoms with Crippen LogP contribution >= 0.6 is 0 Å². The van der Waals surface area contributed by atoms with Crippen LogP contribution in [0.5, 0.6) is 11.5 Å². The highest BCUT2D eigenvalue weighted by molar-refractivity contribution is 7.91. The number of hydrogen-bond acceptors (Lipinski definition) is 10. The van der Waals surface area contributed by atoms with Crippen LogP contribution in [0.1, 0.15) is 17.3 Å². The van der Waals surface area contributed by atoms with Gasteiger partial charge in [-0.2, -0.15) is 0 Å². The number of benzene rings is 1. The number of imidazole rings is 1. The summed E-state index contributed by atoms with van der Waals surface area (Å²) in [6, 6.07) is 7.14. The van der Waals surface area contributed by atoms with E-state index in [9.17, 15) is 13.2 Å². The van der Waals surface area contributed by atoms with Gasteiger partial charge in [-0.15, -0.1) is 0 Å². The van der Waals surface area contributed by atoms with E-state index >= 15 is 0 Å². The molecule has 3 aromatic heterocycles. The highest BCUT2D eigenvalue weighted by atomic mass is 32.2. The number of fused-ring (bicyclic) bond motifs is 1. The minimum Gasteiger partial charge on any atom is -0.465 e. The molecular formula is C26H31N5O6SSi. The lowest BCUT2D eigenvalue weighted by Crippen LogP contribution is -2.22. The number of nitrogens with zero attached hydrogens (tertiary/aromatic N) is 5. The molecule has 0 radical (unpaired) electrons. The molecule has 11 nitrogen and oxygen atoms in total. The SMILES string of the molecule is CCS(=O)(=O)c1ccc(Oc2cc(C(=O)OC)c3nc(-c4cnccn4)n(COCC[Si](C)(C)C)c3c2)cn1. The Morgan fingerprint density at radius 1 is 1.05 bits per heavy atom. The Kier molecular flexibility index (Phi) is 8.42. The second-order valence-corrected chi connectivity index (χ2v) is 17.8. The van der Waals surface area contributed by atoms with Gasteiger partial charge in [0.15, 0.2) is 20.7 Å². The molecule has 0 bridgehead atoms. The summed E-state index contributed by atoms with van der Waals surface area (Å²) in [4.78, 5) is 30.1. The molecule has 206 valence electrons. The van der Waals surface area contributed by atoms with Gasteiger partial charge in [-0.05, 0) is 24.2 Å². The summed E-state index contributed by atoms with van der Waals surface area (Å²) in [7, 11) is -3.47. The molecule has 3 heterocycles. The van der Waals surface area contributed by atoms with Crippen molar-refractivity contribution in [2.24, 2.45) is 0 Å². The monoisotopic (exact) mass is 569 g/mol. The zero-order chi connectivity index (χ0) is 28.2. The molecule has 13 heteroatoms. The number of aromatic nitrogens is 5. The second kappa shape index (κ2) is 11.6. The maximum Gasteiger partial charge on any atom is 0.340 e. The van der Waals surface area contributed by atoms with E-state index in [0.29, 0.717) is 40.7 Å². The number of methoxy groups -OCH3 is 1. The molecule has 4 aromatic rings. The van der Waals surface area contributed by atoms with E-state index in [0.717, 1.165) is 6.04 Å². The number of carbonyl (C=O) groups is 1. The summed E-state index contributed by atoms with van der Waals surface area (Å²) in [5, 5.41) is -0.0368. The van der Waals surface area contributed by atoms with Crippen LogP contribution < -0.4 is 4.74 Å². The zero-order valence-electron chi connectivity index (χ0n) is 22.5. The van der Waals surface area contributed by atoms with E-state index in [1.165, 1.54) is 31.5 Å². The number of sulfone groups is 1. The summed E-state index contributed by atoms with van der Waals surface area (Å²) in [5.41, 5.74) is 1.66. The first-order valence-corrected chi connectivity index (χ1v) is 17.7. The largest absolute Gasteiger partial charge is 0.465 e. The predicted molar refractivity (Wildman–Crippen MR) is 148 cm³/mol. The number of ether oxygens (including phenoxy) is 3. The summed E-state index contributed by atoms with van der Waals surface area (Å²) in [6.45, 7) is 9.13. The summed E-state index contributed by atoms with van der Waals surface area (Å²) >= 11 is 0. The topological polar surface area (TPSA) is 135 Å². The minimum atomic E-state index is -3.45. The van der Waals surface area contributed by atoms with Crippen LogP contribution in [0.4, 0.5) is 0 Å². The van der Waals surface area contributed by atoms with Crippen LogP contribution in [0, 0.1) is 0 Å². The summed E-state index contributed by atoms with van der Waals surface area (Å²) < 4.78 is 43.1. The van der Waals surface area contributed by atoms with Crippen molar-refractivity contribution in [3.05, 3.63) is 54.6 Å². The molecule has 0 fully saturated rings. The van der Waals surface area contributed by atoms with Crippen molar-refractivity contribution >= 4 is 34.9 Å². The van der Waals surface area contributed by atoms with Gasteiger partial charge in [0.2, 0.25) is 0 Å². The molecule has 1 aromatic carbocycles. The lowest BCUT2D eigenvalue weighted by atomic mass is 10.1. The van der Waals surface area contributed by atoms with Crippen molar-refractivity contribution < 1.29 is 27.4 Å². The van der Waals surface area contributed by atoms with Crippen molar-refractivity contribution in [1.82, 2.24) is 24.5 Å². The summed E-state index contributed by atoms with van der Waals surface area (Å²) in [5.74, 6) is 0.432. The molecule has 0 aliphatic rings. The highest BCUT2D eigenvalue weighted by Crippen LogP contribution is 2.32. The second-order valence-electron chi connectivity index (χ2n) is 9.97. The third kappa shape index (κ3) is 6.67. The Balaban J connectivity index is 1.79. The smallest absolute Gasteiger partial charge is 0.340 e. The Morgan fingerprint density at radius 2 is 1.85 bits per heavy atom. The zero-order valence-corrected chi connectivity index (χ0v) is 24.4. The molecular weight excluding hydrogens is 538 g/mol. The van der Waals surface area contributed by atoms with Gasteiger partial charge in [-0.1, -0.05) is 26.6 Å². The van der Waals surface area contributed by atoms with Gasteiger partial charge in [0.05, 0.1) is 36.3 Å². The van der Waals surface area contributed by atoms with Crippen LogP contribution in [0.25, 0.3) is 22.6 Å². The van der Waals surface area contributed by atoms with E-state index in [4.69, 9.17) is 19.2 Å². The van der Waals surface area contributed by atoms with Gasteiger partial charge in [-0.25, -0.2) is 28.2 Å². The molecule has 0 amide bonds. The molecule has 0 saturated carbocycles. The van der Waals surface area contributed by atoms with Crippen LogP contribution in [0.2, 0.25) is 25.7 Å². The lowest BCUT2D eigenvalue weighted by molar-refractivity contribution is 0.0602. The Bertz CT molecular complexity index is 1570. The van der Waals surface area contributed by atoms with Gasteiger partial charge in [-0.3, -0.25) is 9.55 Å². The van der Waals surface area contributed by atoms with Crippen molar-refractivity contribution in [2.75, 3.05) is 19.5 Å². The number of esters is 1. The third-order valence-electron chi connectivity index (χ3n) is 5.89. The fourth-order valence-electron chi connectivity index (χ4n) is 3.69. The summed E-state index contributed by atoms with van der Waals surface area (Å²) in [6.07, 6.45) is 6.05. The molecule has 0 unspecified atom stereocenters. The third-order valence-corrected chi connectivity index (χ3v) is 9.23. The van der Waals surface area contributed by atoms with Gasteiger partial charge in [0.25, 0.3) is 0 Å². The maximum absolute atomic E-state index is 12.8. The Morgan fingerprint density at radius 3 is 2.46 bits per heavy atom. The average Bonchev–Trinajstić information content (AvgIpc) is 3.28. The van der Waals surface area contributed by atoms with Crippen LogP contribution in [0.15, 0.2) is 54.1 Å². The van der Waals surface area contributed by atoms with Crippen molar-refractivity contribution in [1.29, 1.82) is 0 Å². The molecule has 0 N–H and O–H groups in total. The first-order chi connectivity index (χ1) is 18.5. The maximum atomic E-state index is 12.8. The number of rotatable bonds is 11. The minimum absolute atomic E-state index is 0.0368. The van der Waals surface area contributed by atoms with E-state index in [1.54, 1.807) is 31.6 Å². The Hall–Kier alpha value is -3.68. The molecule has 0 spiro atoms. The fourth-order valence-corrected chi connectivity index (χ4v) is 5.23. The van der Waals surface area contributed by atoms with E-state index in [2.05, 4.69) is 34.6 Å². The number of hydrogen-bond donors (Lipinski definition) is 0. The van der Waals surface area contributed by atoms with Crippen molar-refractivity contribution in [2.45, 2.75) is 44.4 Å². The molecule has 0 saturated heterocycles. The first-order valence-electron chi connectivity index (χ1n) is 12.4. The highest BCUT2D eigenvalue weighted by Gasteiger charge is 2.23. The van der Waals surface area contributed by atoms with Crippen LogP contribution in [-0.4, -0.2) is 66.4 Å². The quantitative estimate of drug-likeness (QED) is 0.143. The molecule has 0 atom stereocenters. The standard InChI is InChI=1S/C26H31N5O6SSi/c1-6-38(33,34)23-8-7-18(15-29-23)37-19-13-20(26(32)35-2)24-22(14-19)31(17-36-11-12-39(3,4)5)25(30-24)21-16-27-9-10-28-21/h7-10,13-16H,6,11-12,17H2,1-5H3. The normalized spacial score (nSPS) is 12.0. The Labute approximate surface area is 228 Å². The fraction of sp³-hybridized carbons (Fsp3) is 0.346. The number of carbonyl (C=O) groups excluding carboxylic acids is 1. The lowest BCUT2D eigenvalue weighted by Gasteiger charge is -2.16. The number of pyridine rings is 1. The van der Waals surface area contributed by atoms with E-state index in [1.807, 2.05) is 4.57 Å². The van der Waals surface area contributed by atoms with Crippen LogP contribution in [0.3, 0.4) is 0 Å². The van der Waals surface area contributed by atoms with Gasteiger partial charge < -0.3 is 14.2 Å². The first kappa shape index (κ1) is 28.3. The average molecular weight is 570 g/mol. The van der Waals surface area contributed by atoms with E-state index < -0.39 is 23.9 Å². The molecule has 4 rings (SSSR count). The van der Waals surface area contributed by atoms with Gasteiger partial charge >= 0.3 is 5.97 Å². The van der Waals surface area contributed by atoms with Crippen LogP contribution in [-0.2, 0) is 26.0 Å². The van der Waals surface area contributed by atoms with Crippen molar-refractivity contribution in [3.8, 4) is 23.0 Å². The van der Waals surface area contributed by atoms with E-state index in [-0.39, 0.29) is 23.1 Å². The predicted octanol–water partition coefficient (Wildman–Crippen LogP) is 4.57. The van der Waals surface area contributed by atoms with Crippen molar-refractivity contribution in [3.63, 3.8) is 0 Å². The van der Waals surface area contributed by atoms with Gasteiger partial charge in [0.1, 0.15) is 29.4 Å².